The molecule has 0 aliphatic carbocycles. The Balaban J connectivity index is 1.83. The van der Waals surface area contributed by atoms with Crippen molar-refractivity contribution in [1.29, 1.82) is 0 Å². The fraction of sp³-hybridized carbons (Fsp3) is 0.562. The van der Waals surface area contributed by atoms with Gasteiger partial charge in [-0.3, -0.25) is 4.99 Å². The standard InChI is InChI=1S/C16H24ClN3O2S/c1-2-18-16(20-14-9-11-23(21,22)12-14)19-10-5-7-13-6-3-4-8-15(13)17/h3-4,6,8,14H,2,5,7,9-12H2,1H3,(H2,18,19,20). The number of aryl methyl sites for hydroxylation is 1. The van der Waals surface area contributed by atoms with Crippen LogP contribution in [0.3, 0.4) is 0 Å². The highest BCUT2D eigenvalue weighted by molar-refractivity contribution is 7.91. The number of benzene rings is 1. The third-order valence-electron chi connectivity index (χ3n) is 3.75. The van der Waals surface area contributed by atoms with Gasteiger partial charge in [-0.2, -0.15) is 0 Å². The van der Waals surface area contributed by atoms with Crippen molar-refractivity contribution < 1.29 is 8.42 Å². The average molecular weight is 358 g/mol. The predicted octanol–water partition coefficient (Wildman–Crippen LogP) is 2.01. The molecule has 1 aromatic rings. The molecule has 0 amide bonds. The number of guanidine groups is 1. The van der Waals surface area contributed by atoms with E-state index in [0.29, 0.717) is 18.9 Å². The molecular weight excluding hydrogens is 334 g/mol. The monoisotopic (exact) mass is 357 g/mol. The van der Waals surface area contributed by atoms with Crippen LogP contribution in [0.5, 0.6) is 0 Å². The summed E-state index contributed by atoms with van der Waals surface area (Å²) in [5.41, 5.74) is 1.13. The number of aliphatic imine (C=N–C) groups is 1. The van der Waals surface area contributed by atoms with Crippen LogP contribution in [0.1, 0.15) is 25.3 Å². The van der Waals surface area contributed by atoms with Gasteiger partial charge in [0.15, 0.2) is 15.8 Å². The topological polar surface area (TPSA) is 70.6 Å². The van der Waals surface area contributed by atoms with Crippen LogP contribution in [0.25, 0.3) is 0 Å². The molecule has 7 heteroatoms. The van der Waals surface area contributed by atoms with Crippen molar-refractivity contribution in [2.75, 3.05) is 24.6 Å². The van der Waals surface area contributed by atoms with Crippen molar-refractivity contribution in [3.05, 3.63) is 34.9 Å². The number of sulfone groups is 1. The highest BCUT2D eigenvalue weighted by atomic mass is 35.5. The average Bonchev–Trinajstić information content (AvgIpc) is 2.84. The highest BCUT2D eigenvalue weighted by Gasteiger charge is 2.28. The van der Waals surface area contributed by atoms with Crippen molar-refractivity contribution in [2.24, 2.45) is 4.99 Å². The number of nitrogens with zero attached hydrogens (tertiary/aromatic N) is 1. The summed E-state index contributed by atoms with van der Waals surface area (Å²) >= 11 is 6.14. The largest absolute Gasteiger partial charge is 0.357 e. The van der Waals surface area contributed by atoms with Gasteiger partial charge in [0.2, 0.25) is 0 Å². The first-order valence-electron chi connectivity index (χ1n) is 7.99. The van der Waals surface area contributed by atoms with Crippen LogP contribution in [0.2, 0.25) is 5.02 Å². The van der Waals surface area contributed by atoms with Crippen LogP contribution in [-0.2, 0) is 16.3 Å². The molecule has 0 radical (unpaired) electrons. The predicted molar refractivity (Wildman–Crippen MR) is 95.9 cm³/mol. The second kappa shape index (κ2) is 8.55. The summed E-state index contributed by atoms with van der Waals surface area (Å²) in [5.74, 6) is 1.14. The van der Waals surface area contributed by atoms with Crippen molar-refractivity contribution in [2.45, 2.75) is 32.2 Å². The minimum atomic E-state index is -2.88. The number of rotatable bonds is 6. The van der Waals surface area contributed by atoms with E-state index in [9.17, 15) is 8.42 Å². The summed E-state index contributed by atoms with van der Waals surface area (Å²) in [4.78, 5) is 4.53. The molecule has 0 spiro atoms. The van der Waals surface area contributed by atoms with E-state index in [-0.39, 0.29) is 17.5 Å². The molecule has 0 saturated carbocycles. The molecule has 1 atom stereocenters. The van der Waals surface area contributed by atoms with Crippen LogP contribution in [0, 0.1) is 0 Å². The lowest BCUT2D eigenvalue weighted by Gasteiger charge is -2.15. The second-order valence-electron chi connectivity index (χ2n) is 5.70. The molecule has 0 aromatic heterocycles. The highest BCUT2D eigenvalue weighted by Crippen LogP contribution is 2.16. The van der Waals surface area contributed by atoms with Crippen molar-refractivity contribution in [3.63, 3.8) is 0 Å². The fourth-order valence-electron chi connectivity index (χ4n) is 2.58. The second-order valence-corrected chi connectivity index (χ2v) is 8.34. The van der Waals surface area contributed by atoms with E-state index in [4.69, 9.17) is 11.6 Å². The summed E-state index contributed by atoms with van der Waals surface area (Å²) in [6.45, 7) is 3.40. The zero-order valence-corrected chi connectivity index (χ0v) is 15.0. The van der Waals surface area contributed by atoms with E-state index in [0.717, 1.165) is 30.0 Å². The summed E-state index contributed by atoms with van der Waals surface area (Å²) in [6.07, 6.45) is 2.41. The maximum Gasteiger partial charge on any atom is 0.191 e. The molecule has 1 aromatic carbocycles. The van der Waals surface area contributed by atoms with Crippen LogP contribution in [0.15, 0.2) is 29.3 Å². The molecule has 1 saturated heterocycles. The molecule has 23 heavy (non-hydrogen) atoms. The zero-order valence-electron chi connectivity index (χ0n) is 13.4. The minimum Gasteiger partial charge on any atom is -0.357 e. The van der Waals surface area contributed by atoms with Gasteiger partial charge >= 0.3 is 0 Å². The van der Waals surface area contributed by atoms with Crippen LogP contribution in [0.4, 0.5) is 0 Å². The first kappa shape index (κ1) is 18.1. The smallest absolute Gasteiger partial charge is 0.191 e. The van der Waals surface area contributed by atoms with E-state index >= 15 is 0 Å². The third kappa shape index (κ3) is 6.03. The van der Waals surface area contributed by atoms with Crippen molar-refractivity contribution in [3.8, 4) is 0 Å². The molecule has 5 nitrogen and oxygen atoms in total. The SMILES string of the molecule is CCNC(=NCCCc1ccccc1Cl)NC1CCS(=O)(=O)C1. The molecular formula is C16H24ClN3O2S. The van der Waals surface area contributed by atoms with Crippen LogP contribution < -0.4 is 10.6 Å². The molecule has 1 unspecified atom stereocenters. The normalized spacial score (nSPS) is 20.4. The summed E-state index contributed by atoms with van der Waals surface area (Å²) in [6, 6.07) is 7.79. The number of halogens is 1. The van der Waals surface area contributed by atoms with E-state index in [1.807, 2.05) is 31.2 Å². The summed E-state index contributed by atoms with van der Waals surface area (Å²) in [7, 11) is -2.88. The Morgan fingerprint density at radius 3 is 2.83 bits per heavy atom. The lowest BCUT2D eigenvalue weighted by Crippen LogP contribution is -2.44. The van der Waals surface area contributed by atoms with Crippen LogP contribution in [-0.4, -0.2) is 45.0 Å². The maximum atomic E-state index is 11.5. The summed E-state index contributed by atoms with van der Waals surface area (Å²) < 4.78 is 23.0. The van der Waals surface area contributed by atoms with Gasteiger partial charge in [0.25, 0.3) is 0 Å². The fourth-order valence-corrected chi connectivity index (χ4v) is 4.49. The molecule has 1 fully saturated rings. The Hall–Kier alpha value is -1.27. The number of hydrogen-bond acceptors (Lipinski definition) is 3. The molecule has 0 bridgehead atoms. The number of nitrogens with one attached hydrogen (secondary N) is 2. The van der Waals surface area contributed by atoms with Gasteiger partial charge < -0.3 is 10.6 Å². The Labute approximate surface area is 143 Å². The van der Waals surface area contributed by atoms with Gasteiger partial charge in [-0.1, -0.05) is 29.8 Å². The van der Waals surface area contributed by atoms with Crippen LogP contribution >= 0.6 is 11.6 Å². The van der Waals surface area contributed by atoms with Gasteiger partial charge in [-0.05, 0) is 37.8 Å². The Bertz CT molecular complexity index is 646. The molecule has 128 valence electrons. The first-order chi connectivity index (χ1) is 11.0. The van der Waals surface area contributed by atoms with Crippen molar-refractivity contribution in [1.82, 2.24) is 10.6 Å². The lowest BCUT2D eigenvalue weighted by atomic mass is 10.1. The molecule has 2 N–H and O–H groups in total. The first-order valence-corrected chi connectivity index (χ1v) is 10.2. The quantitative estimate of drug-likeness (QED) is 0.464. The van der Waals surface area contributed by atoms with E-state index in [1.54, 1.807) is 0 Å². The van der Waals surface area contributed by atoms with Gasteiger partial charge in [0.1, 0.15) is 0 Å². The van der Waals surface area contributed by atoms with Gasteiger partial charge in [-0.25, -0.2) is 8.42 Å². The van der Waals surface area contributed by atoms with Gasteiger partial charge in [-0.15, -0.1) is 0 Å². The van der Waals surface area contributed by atoms with Crippen molar-refractivity contribution >= 4 is 27.4 Å². The van der Waals surface area contributed by atoms with E-state index < -0.39 is 9.84 Å². The molecule has 2 rings (SSSR count). The third-order valence-corrected chi connectivity index (χ3v) is 5.89. The Morgan fingerprint density at radius 2 is 2.17 bits per heavy atom. The van der Waals surface area contributed by atoms with E-state index in [2.05, 4.69) is 15.6 Å². The van der Waals surface area contributed by atoms with E-state index in [1.165, 1.54) is 0 Å². The lowest BCUT2D eigenvalue weighted by molar-refractivity contribution is 0.599. The number of hydrogen-bond donors (Lipinski definition) is 2. The Morgan fingerprint density at radius 1 is 1.39 bits per heavy atom. The zero-order chi connectivity index (χ0) is 16.7. The van der Waals surface area contributed by atoms with Gasteiger partial charge in [0.05, 0.1) is 11.5 Å². The summed E-state index contributed by atoms with van der Waals surface area (Å²) in [5, 5.41) is 7.17. The maximum absolute atomic E-state index is 11.5. The minimum absolute atomic E-state index is 0.0404. The molecule has 1 aliphatic rings. The Kier molecular flexibility index (Phi) is 6.72. The molecule has 1 aliphatic heterocycles. The molecule has 1 heterocycles. The van der Waals surface area contributed by atoms with Gasteiger partial charge in [0, 0.05) is 24.2 Å².